The number of piperidine rings is 1. The minimum atomic E-state index is 0.0901. The summed E-state index contributed by atoms with van der Waals surface area (Å²) in [6, 6.07) is 0. The Kier molecular flexibility index (Phi) is 4.09. The van der Waals surface area contributed by atoms with Gasteiger partial charge in [0.1, 0.15) is 0 Å². The lowest BCUT2D eigenvalue weighted by Gasteiger charge is -2.40. The summed E-state index contributed by atoms with van der Waals surface area (Å²) in [6.45, 7) is 4.01. The molecule has 4 rings (SSSR count). The molecule has 1 aliphatic carbocycles. The molecule has 134 valence electrons. The smallest absolute Gasteiger partial charge is 0.266 e. The average molecular weight is 342 g/mol. The first-order valence-electron chi connectivity index (χ1n) is 9.22. The fraction of sp³-hybridized carbons (Fsp3) is 0.667. The van der Waals surface area contributed by atoms with Crippen molar-refractivity contribution in [2.24, 2.45) is 0 Å². The first-order chi connectivity index (χ1) is 12.1. The van der Waals surface area contributed by atoms with Crippen LogP contribution in [0.3, 0.4) is 0 Å². The summed E-state index contributed by atoms with van der Waals surface area (Å²) in [5.74, 6) is 2.26. The summed E-state index contributed by atoms with van der Waals surface area (Å²) in [4.78, 5) is 18.2. The molecule has 25 heavy (non-hydrogen) atoms. The van der Waals surface area contributed by atoms with Crippen LogP contribution >= 0.6 is 0 Å². The zero-order valence-electron chi connectivity index (χ0n) is 15.3. The first-order valence-corrected chi connectivity index (χ1v) is 9.22. The normalized spacial score (nSPS) is 22.4. The molecule has 2 aliphatic rings. The highest BCUT2D eigenvalue weighted by Gasteiger charge is 2.44. The SMILES string of the molecule is CCCc1nc(N2CCCC3(CCc4cnc(N(C)C)nc43)C2)no1. The lowest BCUT2D eigenvalue weighted by atomic mass is 9.77. The van der Waals surface area contributed by atoms with Gasteiger partial charge in [0.2, 0.25) is 11.8 Å². The second-order valence-electron chi connectivity index (χ2n) is 7.48. The summed E-state index contributed by atoms with van der Waals surface area (Å²) < 4.78 is 5.39. The van der Waals surface area contributed by atoms with Gasteiger partial charge >= 0.3 is 0 Å². The third kappa shape index (κ3) is 2.85. The molecule has 0 radical (unpaired) electrons. The molecule has 0 saturated carbocycles. The molecule has 0 bridgehead atoms. The molecule has 1 aliphatic heterocycles. The van der Waals surface area contributed by atoms with E-state index in [-0.39, 0.29) is 5.41 Å². The zero-order chi connectivity index (χ0) is 17.4. The van der Waals surface area contributed by atoms with Crippen LogP contribution in [0, 0.1) is 0 Å². The summed E-state index contributed by atoms with van der Waals surface area (Å²) >= 11 is 0. The van der Waals surface area contributed by atoms with Gasteiger partial charge in [0.25, 0.3) is 5.95 Å². The topological polar surface area (TPSA) is 71.2 Å². The third-order valence-electron chi connectivity index (χ3n) is 5.41. The van der Waals surface area contributed by atoms with Crippen LogP contribution in [0.2, 0.25) is 0 Å². The predicted molar refractivity (Wildman–Crippen MR) is 96.1 cm³/mol. The fourth-order valence-electron chi connectivity index (χ4n) is 4.14. The van der Waals surface area contributed by atoms with E-state index >= 15 is 0 Å². The molecule has 1 fully saturated rings. The Bertz CT molecular complexity index is 754. The molecule has 1 spiro atoms. The fourth-order valence-corrected chi connectivity index (χ4v) is 4.14. The van der Waals surface area contributed by atoms with Gasteiger partial charge in [0, 0.05) is 45.2 Å². The third-order valence-corrected chi connectivity index (χ3v) is 5.41. The Morgan fingerprint density at radius 3 is 2.96 bits per heavy atom. The van der Waals surface area contributed by atoms with E-state index < -0.39 is 0 Å². The van der Waals surface area contributed by atoms with Crippen LogP contribution in [0.15, 0.2) is 10.7 Å². The number of aryl methyl sites for hydroxylation is 2. The number of fused-ring (bicyclic) bond motifs is 2. The van der Waals surface area contributed by atoms with E-state index in [1.54, 1.807) is 0 Å². The van der Waals surface area contributed by atoms with Gasteiger partial charge in [-0.2, -0.15) is 4.98 Å². The van der Waals surface area contributed by atoms with Crippen molar-refractivity contribution in [1.82, 2.24) is 20.1 Å². The molecule has 1 atom stereocenters. The summed E-state index contributed by atoms with van der Waals surface area (Å²) in [5, 5.41) is 4.21. The Morgan fingerprint density at radius 2 is 2.16 bits per heavy atom. The summed E-state index contributed by atoms with van der Waals surface area (Å²) in [5.41, 5.74) is 2.62. The van der Waals surface area contributed by atoms with Gasteiger partial charge in [-0.1, -0.05) is 6.92 Å². The molecule has 1 unspecified atom stereocenters. The van der Waals surface area contributed by atoms with Crippen molar-refractivity contribution >= 4 is 11.9 Å². The lowest BCUT2D eigenvalue weighted by Crippen LogP contribution is -2.46. The predicted octanol–water partition coefficient (Wildman–Crippen LogP) is 2.36. The largest absolute Gasteiger partial charge is 0.347 e. The van der Waals surface area contributed by atoms with Crippen LogP contribution in [0.1, 0.15) is 49.8 Å². The summed E-state index contributed by atoms with van der Waals surface area (Å²) in [7, 11) is 3.98. The maximum absolute atomic E-state index is 5.39. The molecular weight excluding hydrogens is 316 g/mol. The van der Waals surface area contributed by atoms with Crippen LogP contribution in [0.4, 0.5) is 11.9 Å². The molecule has 7 heteroatoms. The quantitative estimate of drug-likeness (QED) is 0.844. The van der Waals surface area contributed by atoms with Gasteiger partial charge in [0.05, 0.1) is 5.69 Å². The molecular formula is C18H26N6O. The molecule has 2 aromatic rings. The Hall–Kier alpha value is -2.18. The minimum absolute atomic E-state index is 0.0901. The van der Waals surface area contributed by atoms with E-state index in [0.717, 1.165) is 63.0 Å². The molecule has 0 N–H and O–H groups in total. The standard InChI is InChI=1S/C18H26N6O/c1-4-6-14-20-17(22-25-14)24-10-5-8-18(12-24)9-7-13-11-19-16(23(2)3)21-15(13)18/h11H,4-10,12H2,1-3H3. The highest BCUT2D eigenvalue weighted by Crippen LogP contribution is 2.44. The Morgan fingerprint density at radius 1 is 1.28 bits per heavy atom. The van der Waals surface area contributed by atoms with Crippen molar-refractivity contribution in [3.05, 3.63) is 23.3 Å². The van der Waals surface area contributed by atoms with Crippen molar-refractivity contribution in [2.45, 2.75) is 50.9 Å². The summed E-state index contributed by atoms with van der Waals surface area (Å²) in [6.07, 6.45) is 8.35. The van der Waals surface area contributed by atoms with Crippen molar-refractivity contribution in [1.29, 1.82) is 0 Å². The molecule has 3 heterocycles. The van der Waals surface area contributed by atoms with Gasteiger partial charge in [-0.05, 0) is 42.8 Å². The van der Waals surface area contributed by atoms with Gasteiger partial charge in [0.15, 0.2) is 0 Å². The van der Waals surface area contributed by atoms with Gasteiger partial charge < -0.3 is 14.3 Å². The van der Waals surface area contributed by atoms with Crippen molar-refractivity contribution in [3.63, 3.8) is 0 Å². The van der Waals surface area contributed by atoms with E-state index in [9.17, 15) is 0 Å². The van der Waals surface area contributed by atoms with E-state index in [2.05, 4.69) is 26.9 Å². The van der Waals surface area contributed by atoms with E-state index in [0.29, 0.717) is 0 Å². The van der Waals surface area contributed by atoms with Crippen molar-refractivity contribution < 1.29 is 4.52 Å². The number of hydrogen-bond donors (Lipinski definition) is 0. The zero-order valence-corrected chi connectivity index (χ0v) is 15.3. The van der Waals surface area contributed by atoms with Gasteiger partial charge in [-0.25, -0.2) is 9.97 Å². The molecule has 0 amide bonds. The molecule has 1 saturated heterocycles. The molecule has 0 aromatic carbocycles. The first kappa shape index (κ1) is 16.3. The monoisotopic (exact) mass is 342 g/mol. The molecule has 2 aromatic heterocycles. The van der Waals surface area contributed by atoms with Crippen LogP contribution in [-0.4, -0.2) is 47.3 Å². The maximum Gasteiger partial charge on any atom is 0.266 e. The van der Waals surface area contributed by atoms with E-state index in [4.69, 9.17) is 9.51 Å². The number of aromatic nitrogens is 4. The van der Waals surface area contributed by atoms with Crippen molar-refractivity contribution in [2.75, 3.05) is 37.0 Å². The van der Waals surface area contributed by atoms with Crippen LogP contribution in [-0.2, 0) is 18.3 Å². The highest BCUT2D eigenvalue weighted by atomic mass is 16.5. The van der Waals surface area contributed by atoms with Gasteiger partial charge in [-0.3, -0.25) is 0 Å². The second kappa shape index (κ2) is 6.28. The lowest BCUT2D eigenvalue weighted by molar-refractivity contribution is 0.327. The number of nitrogens with zero attached hydrogens (tertiary/aromatic N) is 6. The number of rotatable bonds is 4. The molecule has 7 nitrogen and oxygen atoms in total. The number of anilines is 2. The highest BCUT2D eigenvalue weighted by molar-refractivity contribution is 5.42. The number of hydrogen-bond acceptors (Lipinski definition) is 7. The van der Waals surface area contributed by atoms with Crippen LogP contribution < -0.4 is 9.80 Å². The van der Waals surface area contributed by atoms with Crippen molar-refractivity contribution in [3.8, 4) is 0 Å². The van der Waals surface area contributed by atoms with Gasteiger partial charge in [-0.15, -0.1) is 0 Å². The average Bonchev–Trinajstić information content (AvgIpc) is 3.21. The Labute approximate surface area is 148 Å². The van der Waals surface area contributed by atoms with E-state index in [1.807, 2.05) is 25.2 Å². The van der Waals surface area contributed by atoms with Crippen LogP contribution in [0.5, 0.6) is 0 Å². The second-order valence-corrected chi connectivity index (χ2v) is 7.48. The minimum Gasteiger partial charge on any atom is -0.347 e. The maximum atomic E-state index is 5.39. The van der Waals surface area contributed by atoms with Crippen LogP contribution in [0.25, 0.3) is 0 Å². The van der Waals surface area contributed by atoms with E-state index in [1.165, 1.54) is 17.7 Å². The Balaban J connectivity index is 1.62.